The zero-order valence-electron chi connectivity index (χ0n) is 13.7. The van der Waals surface area contributed by atoms with Crippen LogP contribution >= 0.6 is 0 Å². The SMILES string of the molecule is CCN(C[C@@H]1CCOC1)C(=O)CNC(=O)c1ccc2c(c1)OCO2. The van der Waals surface area contributed by atoms with Gasteiger partial charge in [-0.15, -0.1) is 0 Å². The molecule has 2 amide bonds. The molecule has 2 heterocycles. The second kappa shape index (κ2) is 7.53. The smallest absolute Gasteiger partial charge is 0.251 e. The van der Waals surface area contributed by atoms with Crippen LogP contribution in [0.5, 0.6) is 11.5 Å². The van der Waals surface area contributed by atoms with Crippen LogP contribution in [0.25, 0.3) is 0 Å². The molecule has 130 valence electrons. The molecular weight excluding hydrogens is 312 g/mol. The van der Waals surface area contributed by atoms with E-state index in [1.54, 1.807) is 23.1 Å². The lowest BCUT2D eigenvalue weighted by Gasteiger charge is -2.23. The van der Waals surface area contributed by atoms with Crippen molar-refractivity contribution in [1.29, 1.82) is 0 Å². The Morgan fingerprint density at radius 3 is 2.88 bits per heavy atom. The van der Waals surface area contributed by atoms with Gasteiger partial charge in [-0.1, -0.05) is 0 Å². The summed E-state index contributed by atoms with van der Waals surface area (Å²) in [5, 5.41) is 2.67. The lowest BCUT2D eigenvalue weighted by molar-refractivity contribution is -0.130. The first-order valence-electron chi connectivity index (χ1n) is 8.20. The van der Waals surface area contributed by atoms with Crippen molar-refractivity contribution in [3.63, 3.8) is 0 Å². The van der Waals surface area contributed by atoms with Crippen LogP contribution in [0.15, 0.2) is 18.2 Å². The molecule has 0 saturated carbocycles. The maximum atomic E-state index is 12.3. The molecular formula is C17H22N2O5. The highest BCUT2D eigenvalue weighted by Gasteiger charge is 2.22. The number of benzene rings is 1. The van der Waals surface area contributed by atoms with Gasteiger partial charge in [-0.3, -0.25) is 9.59 Å². The Balaban J connectivity index is 1.51. The van der Waals surface area contributed by atoms with Gasteiger partial charge in [0, 0.05) is 31.2 Å². The Bertz CT molecular complexity index is 613. The van der Waals surface area contributed by atoms with E-state index in [2.05, 4.69) is 5.32 Å². The van der Waals surface area contributed by atoms with Gasteiger partial charge in [0.05, 0.1) is 13.2 Å². The average Bonchev–Trinajstić information content (AvgIpc) is 3.27. The summed E-state index contributed by atoms with van der Waals surface area (Å²) in [5.41, 5.74) is 0.444. The van der Waals surface area contributed by atoms with E-state index in [1.165, 1.54) is 0 Å². The minimum absolute atomic E-state index is 0.0192. The van der Waals surface area contributed by atoms with Crippen molar-refractivity contribution in [1.82, 2.24) is 10.2 Å². The van der Waals surface area contributed by atoms with Crippen LogP contribution in [0.3, 0.4) is 0 Å². The Morgan fingerprint density at radius 2 is 2.12 bits per heavy atom. The number of nitrogens with zero attached hydrogens (tertiary/aromatic N) is 1. The third-order valence-corrected chi connectivity index (χ3v) is 4.27. The lowest BCUT2D eigenvalue weighted by Crippen LogP contribution is -2.42. The highest BCUT2D eigenvalue weighted by molar-refractivity contribution is 5.97. The minimum atomic E-state index is -0.304. The molecule has 2 aliphatic heterocycles. The maximum Gasteiger partial charge on any atom is 0.251 e. The van der Waals surface area contributed by atoms with Gasteiger partial charge in [0.2, 0.25) is 12.7 Å². The van der Waals surface area contributed by atoms with E-state index >= 15 is 0 Å². The maximum absolute atomic E-state index is 12.3. The van der Waals surface area contributed by atoms with Gasteiger partial charge < -0.3 is 24.4 Å². The number of amides is 2. The number of ether oxygens (including phenoxy) is 3. The monoisotopic (exact) mass is 334 g/mol. The van der Waals surface area contributed by atoms with Crippen LogP contribution in [0.4, 0.5) is 0 Å². The fourth-order valence-electron chi connectivity index (χ4n) is 2.85. The summed E-state index contributed by atoms with van der Waals surface area (Å²) in [5.74, 6) is 1.17. The second-order valence-corrected chi connectivity index (χ2v) is 5.91. The van der Waals surface area contributed by atoms with Gasteiger partial charge >= 0.3 is 0 Å². The van der Waals surface area contributed by atoms with Crippen LogP contribution in [0.2, 0.25) is 0 Å². The third kappa shape index (κ3) is 3.79. The van der Waals surface area contributed by atoms with Gasteiger partial charge in [0.15, 0.2) is 11.5 Å². The van der Waals surface area contributed by atoms with Gasteiger partial charge in [-0.05, 0) is 31.5 Å². The summed E-state index contributed by atoms with van der Waals surface area (Å²) in [7, 11) is 0. The number of hydrogen-bond acceptors (Lipinski definition) is 5. The van der Waals surface area contributed by atoms with Crippen LogP contribution in [0.1, 0.15) is 23.7 Å². The molecule has 2 aliphatic rings. The Kier molecular flexibility index (Phi) is 5.20. The predicted molar refractivity (Wildman–Crippen MR) is 86.1 cm³/mol. The van der Waals surface area contributed by atoms with E-state index < -0.39 is 0 Å². The highest BCUT2D eigenvalue weighted by atomic mass is 16.7. The largest absolute Gasteiger partial charge is 0.454 e. The average molecular weight is 334 g/mol. The van der Waals surface area contributed by atoms with E-state index in [9.17, 15) is 9.59 Å². The quantitative estimate of drug-likeness (QED) is 0.841. The molecule has 7 nitrogen and oxygen atoms in total. The molecule has 1 saturated heterocycles. The van der Waals surface area contributed by atoms with Crippen molar-refractivity contribution in [3.8, 4) is 11.5 Å². The zero-order chi connectivity index (χ0) is 16.9. The summed E-state index contributed by atoms with van der Waals surface area (Å²) < 4.78 is 15.8. The van der Waals surface area contributed by atoms with Crippen LogP contribution in [-0.4, -0.2) is 56.4 Å². The third-order valence-electron chi connectivity index (χ3n) is 4.27. The molecule has 0 radical (unpaired) electrons. The number of fused-ring (bicyclic) bond motifs is 1. The molecule has 0 aromatic heterocycles. The number of nitrogens with one attached hydrogen (secondary N) is 1. The van der Waals surface area contributed by atoms with Gasteiger partial charge in [0.1, 0.15) is 0 Å². The predicted octanol–water partition coefficient (Wildman–Crippen LogP) is 1.03. The number of rotatable bonds is 6. The number of carbonyl (C=O) groups is 2. The number of hydrogen-bond donors (Lipinski definition) is 1. The first kappa shape index (κ1) is 16.6. The van der Waals surface area contributed by atoms with E-state index in [0.29, 0.717) is 42.7 Å². The molecule has 0 aliphatic carbocycles. The Labute approximate surface area is 140 Å². The van der Waals surface area contributed by atoms with E-state index in [0.717, 1.165) is 13.0 Å². The van der Waals surface area contributed by atoms with Crippen molar-refractivity contribution < 1.29 is 23.8 Å². The topological polar surface area (TPSA) is 77.1 Å². The molecule has 0 bridgehead atoms. The molecule has 0 unspecified atom stereocenters. The highest BCUT2D eigenvalue weighted by Crippen LogP contribution is 2.32. The van der Waals surface area contributed by atoms with Crippen molar-refractivity contribution in [2.45, 2.75) is 13.3 Å². The molecule has 1 atom stereocenters. The first-order chi connectivity index (χ1) is 11.7. The fourth-order valence-corrected chi connectivity index (χ4v) is 2.85. The van der Waals surface area contributed by atoms with Crippen molar-refractivity contribution >= 4 is 11.8 Å². The van der Waals surface area contributed by atoms with E-state index in [-0.39, 0.29) is 25.2 Å². The van der Waals surface area contributed by atoms with Crippen molar-refractivity contribution in [2.75, 3.05) is 39.6 Å². The molecule has 7 heteroatoms. The van der Waals surface area contributed by atoms with Gasteiger partial charge in [-0.2, -0.15) is 0 Å². The molecule has 1 N–H and O–H groups in total. The summed E-state index contributed by atoms with van der Waals surface area (Å²) in [6.45, 7) is 4.84. The molecule has 0 spiro atoms. The molecule has 1 aromatic rings. The normalized spacial score (nSPS) is 18.5. The lowest BCUT2D eigenvalue weighted by atomic mass is 10.1. The minimum Gasteiger partial charge on any atom is -0.454 e. The van der Waals surface area contributed by atoms with Gasteiger partial charge in [0.25, 0.3) is 5.91 Å². The van der Waals surface area contributed by atoms with Crippen molar-refractivity contribution in [3.05, 3.63) is 23.8 Å². The van der Waals surface area contributed by atoms with Crippen molar-refractivity contribution in [2.24, 2.45) is 5.92 Å². The summed E-state index contributed by atoms with van der Waals surface area (Å²) in [6.07, 6.45) is 0.979. The van der Waals surface area contributed by atoms with Crippen LogP contribution in [-0.2, 0) is 9.53 Å². The van der Waals surface area contributed by atoms with Gasteiger partial charge in [-0.25, -0.2) is 0 Å². The summed E-state index contributed by atoms with van der Waals surface area (Å²) in [4.78, 5) is 26.3. The molecule has 3 rings (SSSR count). The number of carbonyl (C=O) groups excluding carboxylic acids is 2. The zero-order valence-corrected chi connectivity index (χ0v) is 13.7. The van der Waals surface area contributed by atoms with Crippen LogP contribution < -0.4 is 14.8 Å². The van der Waals surface area contributed by atoms with E-state index in [1.807, 2.05) is 6.92 Å². The number of likely N-dealkylation sites (N-methyl/N-ethyl adjacent to an activating group) is 1. The molecule has 1 aromatic carbocycles. The fraction of sp³-hybridized carbons (Fsp3) is 0.529. The van der Waals surface area contributed by atoms with E-state index in [4.69, 9.17) is 14.2 Å². The first-order valence-corrected chi connectivity index (χ1v) is 8.20. The molecule has 1 fully saturated rings. The van der Waals surface area contributed by atoms with Crippen LogP contribution in [0, 0.1) is 5.92 Å². The summed E-state index contributed by atoms with van der Waals surface area (Å²) in [6, 6.07) is 4.97. The summed E-state index contributed by atoms with van der Waals surface area (Å²) >= 11 is 0. The molecule has 24 heavy (non-hydrogen) atoms. The Hall–Kier alpha value is -2.28. The second-order valence-electron chi connectivity index (χ2n) is 5.91. The standard InChI is InChI=1S/C17H22N2O5/c1-2-19(9-12-5-6-22-10-12)16(20)8-18-17(21)13-3-4-14-15(7-13)24-11-23-14/h3-4,7,12H,2,5-6,8-11H2,1H3,(H,18,21)/t12-/m0/s1. The Morgan fingerprint density at radius 1 is 1.29 bits per heavy atom.